The van der Waals surface area contributed by atoms with E-state index < -0.39 is 6.36 Å². The van der Waals surface area contributed by atoms with Crippen molar-refractivity contribution >= 4 is 23.0 Å². The Bertz CT molecular complexity index is 1320. The van der Waals surface area contributed by atoms with Crippen LogP contribution in [0.2, 0.25) is 0 Å². The van der Waals surface area contributed by atoms with Gasteiger partial charge in [0.15, 0.2) is 5.75 Å². The summed E-state index contributed by atoms with van der Waals surface area (Å²) in [6.45, 7) is 9.90. The topological polar surface area (TPSA) is 44.8 Å². The van der Waals surface area contributed by atoms with Gasteiger partial charge in [-0.05, 0) is 79.3 Å². The second-order valence-electron chi connectivity index (χ2n) is 10.7. The molecule has 0 aliphatic carbocycles. The van der Waals surface area contributed by atoms with Crippen molar-refractivity contribution in [3.8, 4) is 16.9 Å². The fraction of sp³-hybridized carbons (Fsp3) is 0.424. The van der Waals surface area contributed by atoms with Crippen LogP contribution in [-0.4, -0.2) is 31.4 Å². The van der Waals surface area contributed by atoms with Gasteiger partial charge in [-0.1, -0.05) is 57.0 Å². The number of unbranched alkanes of at least 4 members (excludes halogenated alkanes) is 2. The minimum atomic E-state index is -4.80. The van der Waals surface area contributed by atoms with E-state index in [0.717, 1.165) is 61.2 Å². The van der Waals surface area contributed by atoms with Gasteiger partial charge < -0.3 is 19.9 Å². The molecule has 2 atom stereocenters. The summed E-state index contributed by atoms with van der Waals surface area (Å²) in [6.07, 6.45) is 0.227. The first-order valence-electron chi connectivity index (χ1n) is 14.5. The maximum Gasteiger partial charge on any atom is 0.573 e. The van der Waals surface area contributed by atoms with Crippen LogP contribution in [0, 0.1) is 0 Å². The third-order valence-electron chi connectivity index (χ3n) is 7.57. The average Bonchev–Trinajstić information content (AvgIpc) is 2.93. The fourth-order valence-electron chi connectivity index (χ4n) is 5.60. The Morgan fingerprint density at radius 2 is 1.66 bits per heavy atom. The number of carbonyl (C=O) groups is 1. The van der Waals surface area contributed by atoms with Crippen molar-refractivity contribution in [1.29, 1.82) is 0 Å². The zero-order chi connectivity index (χ0) is 29.6. The molecule has 0 fully saturated rings. The van der Waals surface area contributed by atoms with E-state index in [9.17, 15) is 18.0 Å². The van der Waals surface area contributed by atoms with Gasteiger partial charge in [0, 0.05) is 37.4 Å². The van der Waals surface area contributed by atoms with Crippen LogP contribution in [0.1, 0.15) is 71.4 Å². The number of nitrogens with one attached hydrogen (secondary N) is 1. The van der Waals surface area contributed by atoms with E-state index in [4.69, 9.17) is 0 Å². The predicted molar refractivity (Wildman–Crippen MR) is 161 cm³/mol. The van der Waals surface area contributed by atoms with Crippen LogP contribution in [0.5, 0.6) is 5.75 Å². The minimum Gasteiger partial charge on any atom is -0.404 e. The molecule has 0 aromatic heterocycles. The van der Waals surface area contributed by atoms with Crippen LogP contribution < -0.4 is 19.9 Å². The number of alkyl halides is 3. The number of ether oxygens (including phenoxy) is 1. The van der Waals surface area contributed by atoms with Crippen LogP contribution in [0.3, 0.4) is 0 Å². The highest BCUT2D eigenvalue weighted by atomic mass is 19.4. The monoisotopic (exact) mass is 567 g/mol. The summed E-state index contributed by atoms with van der Waals surface area (Å²) in [5.41, 5.74) is 5.08. The van der Waals surface area contributed by atoms with E-state index in [1.165, 1.54) is 17.8 Å². The number of halogens is 3. The Kier molecular flexibility index (Phi) is 9.84. The van der Waals surface area contributed by atoms with E-state index in [0.29, 0.717) is 6.42 Å². The summed E-state index contributed by atoms with van der Waals surface area (Å²) >= 11 is 0. The molecule has 5 nitrogen and oxygen atoms in total. The van der Waals surface area contributed by atoms with Crippen LogP contribution in [0.4, 0.5) is 30.2 Å². The second kappa shape index (κ2) is 13.3. The molecule has 1 aliphatic heterocycles. The molecule has 1 amide bonds. The summed E-state index contributed by atoms with van der Waals surface area (Å²) in [5, 5.41) is 3.30. The molecular formula is C33H40F3N3O2. The molecule has 1 N–H and O–H groups in total. The van der Waals surface area contributed by atoms with Gasteiger partial charge in [-0.2, -0.15) is 0 Å². The molecule has 3 aromatic carbocycles. The van der Waals surface area contributed by atoms with Crippen molar-refractivity contribution in [3.63, 3.8) is 0 Å². The molecule has 8 heteroatoms. The van der Waals surface area contributed by atoms with Crippen molar-refractivity contribution in [2.45, 2.75) is 78.2 Å². The molecule has 0 saturated carbocycles. The highest BCUT2D eigenvalue weighted by Crippen LogP contribution is 2.43. The van der Waals surface area contributed by atoms with Gasteiger partial charge in [-0.15, -0.1) is 13.2 Å². The zero-order valence-electron chi connectivity index (χ0n) is 24.3. The van der Waals surface area contributed by atoms with Crippen molar-refractivity contribution in [1.82, 2.24) is 0 Å². The van der Waals surface area contributed by atoms with Gasteiger partial charge in [-0.3, -0.25) is 4.79 Å². The minimum absolute atomic E-state index is 0.0738. The number of hydrogen-bond donors (Lipinski definition) is 1. The first-order valence-corrected chi connectivity index (χ1v) is 14.5. The van der Waals surface area contributed by atoms with Crippen molar-refractivity contribution in [2.24, 2.45) is 0 Å². The number of para-hydroxylation sites is 2. The van der Waals surface area contributed by atoms with Gasteiger partial charge in [0.05, 0.1) is 11.7 Å². The fourth-order valence-corrected chi connectivity index (χ4v) is 5.60. The van der Waals surface area contributed by atoms with Crippen LogP contribution >= 0.6 is 0 Å². The Labute approximate surface area is 241 Å². The smallest absolute Gasteiger partial charge is 0.404 e. The summed E-state index contributed by atoms with van der Waals surface area (Å²) in [7, 11) is 0. The molecule has 0 unspecified atom stereocenters. The normalized spacial score (nSPS) is 16.7. The predicted octanol–water partition coefficient (Wildman–Crippen LogP) is 8.96. The third-order valence-corrected chi connectivity index (χ3v) is 7.57. The van der Waals surface area contributed by atoms with Crippen molar-refractivity contribution in [2.75, 3.05) is 28.2 Å². The van der Waals surface area contributed by atoms with Crippen LogP contribution in [-0.2, 0) is 4.79 Å². The number of fused-ring (bicyclic) bond motifs is 1. The SMILES string of the molecule is CCCCN(CCCC)c1cccc(-c2ccc3c(c2)[C@H](Nc2ccccc2OC(F)(F)F)C[C@H](C)N3C(C)=O)c1. The largest absolute Gasteiger partial charge is 0.573 e. The first-order chi connectivity index (χ1) is 19.6. The third kappa shape index (κ3) is 7.54. The van der Waals surface area contributed by atoms with E-state index in [1.54, 1.807) is 24.0 Å². The molecule has 1 aliphatic rings. The first kappa shape index (κ1) is 30.3. The number of rotatable bonds is 11. The number of nitrogens with zero attached hydrogens (tertiary/aromatic N) is 2. The lowest BCUT2D eigenvalue weighted by Crippen LogP contribution is -2.43. The Morgan fingerprint density at radius 3 is 2.32 bits per heavy atom. The molecular weight excluding hydrogens is 527 g/mol. The van der Waals surface area contributed by atoms with Gasteiger partial charge >= 0.3 is 6.36 Å². The number of benzene rings is 3. The van der Waals surface area contributed by atoms with E-state index in [1.807, 2.05) is 19.1 Å². The molecule has 220 valence electrons. The lowest BCUT2D eigenvalue weighted by Gasteiger charge is -2.40. The summed E-state index contributed by atoms with van der Waals surface area (Å²) in [6, 6.07) is 20.1. The van der Waals surface area contributed by atoms with E-state index in [-0.39, 0.29) is 29.4 Å². The lowest BCUT2D eigenvalue weighted by atomic mass is 9.88. The standard InChI is InChI=1S/C33H40F3N3O2/c1-5-7-18-38(19-8-6-2)27-13-11-12-25(21-27)26-16-17-31-28(22-26)30(20-23(3)39(31)24(4)40)37-29-14-9-10-15-32(29)41-33(34,35)36/h9-17,21-23,30,37H,5-8,18-20H2,1-4H3/t23-,30+/m0/s1. The average molecular weight is 568 g/mol. The summed E-state index contributed by atoms with van der Waals surface area (Å²) in [4.78, 5) is 16.9. The number of amides is 1. The van der Waals surface area contributed by atoms with Crippen LogP contribution in [0.25, 0.3) is 11.1 Å². The maximum atomic E-state index is 13.1. The van der Waals surface area contributed by atoms with Gasteiger partial charge in [0.2, 0.25) is 5.91 Å². The summed E-state index contributed by atoms with van der Waals surface area (Å²) < 4.78 is 43.6. The molecule has 4 rings (SSSR count). The van der Waals surface area contributed by atoms with Gasteiger partial charge in [0.1, 0.15) is 0 Å². The zero-order valence-corrected chi connectivity index (χ0v) is 24.3. The second-order valence-corrected chi connectivity index (χ2v) is 10.7. The number of carbonyl (C=O) groups excluding carboxylic acids is 1. The molecule has 0 spiro atoms. The Balaban J connectivity index is 1.73. The Morgan fingerprint density at radius 1 is 0.976 bits per heavy atom. The molecule has 0 radical (unpaired) electrons. The Hall–Kier alpha value is -3.68. The summed E-state index contributed by atoms with van der Waals surface area (Å²) in [5.74, 6) is -0.360. The number of hydrogen-bond acceptors (Lipinski definition) is 4. The van der Waals surface area contributed by atoms with Crippen molar-refractivity contribution in [3.05, 3.63) is 72.3 Å². The lowest BCUT2D eigenvalue weighted by molar-refractivity contribution is -0.274. The molecule has 1 heterocycles. The highest BCUT2D eigenvalue weighted by Gasteiger charge is 2.35. The van der Waals surface area contributed by atoms with Crippen molar-refractivity contribution < 1.29 is 22.7 Å². The van der Waals surface area contributed by atoms with Crippen LogP contribution in [0.15, 0.2) is 66.7 Å². The number of anilines is 3. The molecule has 0 saturated heterocycles. The maximum absolute atomic E-state index is 13.1. The molecule has 41 heavy (non-hydrogen) atoms. The van der Waals surface area contributed by atoms with E-state index >= 15 is 0 Å². The van der Waals surface area contributed by atoms with Gasteiger partial charge in [0.25, 0.3) is 0 Å². The highest BCUT2D eigenvalue weighted by molar-refractivity contribution is 5.94. The molecule has 3 aromatic rings. The molecule has 0 bridgehead atoms. The van der Waals surface area contributed by atoms with E-state index in [2.05, 4.69) is 59.1 Å². The van der Waals surface area contributed by atoms with Gasteiger partial charge in [-0.25, -0.2) is 0 Å². The quantitative estimate of drug-likeness (QED) is 0.251.